The summed E-state index contributed by atoms with van der Waals surface area (Å²) in [6, 6.07) is 7.57. The second-order valence-corrected chi connectivity index (χ2v) is 9.43. The Bertz CT molecular complexity index is 902. The number of amides is 1. The number of hydrogen-bond acceptors (Lipinski definition) is 5. The van der Waals surface area contributed by atoms with Crippen LogP contribution in [0.4, 0.5) is 10.1 Å². The highest BCUT2D eigenvalue weighted by atomic mass is 32.2. The Kier molecular flexibility index (Phi) is 5.83. The normalized spacial score (nSPS) is 15.9. The lowest BCUT2D eigenvalue weighted by atomic mass is 10.2. The van der Waals surface area contributed by atoms with Crippen molar-refractivity contribution in [2.24, 2.45) is 0 Å². The molecule has 6 nitrogen and oxygen atoms in total. The molecule has 146 valence electrons. The van der Waals surface area contributed by atoms with Crippen molar-refractivity contribution in [3.05, 3.63) is 46.4 Å². The van der Waals surface area contributed by atoms with E-state index in [1.165, 1.54) is 22.5 Å². The van der Waals surface area contributed by atoms with Gasteiger partial charge in [0.1, 0.15) is 15.6 Å². The molecule has 0 aliphatic carbocycles. The molecule has 1 aromatic heterocycles. The maximum absolute atomic E-state index is 13.1. The molecule has 0 unspecified atom stereocenters. The molecule has 0 saturated carbocycles. The van der Waals surface area contributed by atoms with Crippen molar-refractivity contribution in [3.63, 3.8) is 0 Å². The molecule has 0 spiro atoms. The van der Waals surface area contributed by atoms with E-state index in [0.717, 1.165) is 17.0 Å². The quantitative estimate of drug-likeness (QED) is 0.821. The maximum atomic E-state index is 13.1. The van der Waals surface area contributed by atoms with E-state index in [-0.39, 0.29) is 27.5 Å². The number of sulfonamides is 1. The van der Waals surface area contributed by atoms with Gasteiger partial charge < -0.3 is 10.2 Å². The summed E-state index contributed by atoms with van der Waals surface area (Å²) in [5.41, 5.74) is 0.862. The Labute approximate surface area is 162 Å². The van der Waals surface area contributed by atoms with Crippen LogP contribution in [0.25, 0.3) is 0 Å². The van der Waals surface area contributed by atoms with E-state index < -0.39 is 10.0 Å². The highest BCUT2D eigenvalue weighted by Gasteiger charge is 2.32. The van der Waals surface area contributed by atoms with Gasteiger partial charge in [-0.3, -0.25) is 4.79 Å². The second kappa shape index (κ2) is 7.95. The SMILES string of the molecule is CC(C)NC(=O)c1sccc1S(=O)(=O)N1CCN(c2ccc(F)cc2)CC1. The number of thiophene rings is 1. The number of nitrogens with one attached hydrogen (secondary N) is 1. The van der Waals surface area contributed by atoms with Gasteiger partial charge in [0, 0.05) is 37.9 Å². The Morgan fingerprint density at radius 3 is 2.33 bits per heavy atom. The lowest BCUT2D eigenvalue weighted by Gasteiger charge is -2.35. The van der Waals surface area contributed by atoms with Crippen molar-refractivity contribution < 1.29 is 17.6 Å². The molecule has 2 heterocycles. The molecule has 0 atom stereocenters. The molecule has 1 amide bonds. The number of carbonyl (C=O) groups excluding carboxylic acids is 1. The molecular formula is C18H22FN3O3S2. The summed E-state index contributed by atoms with van der Waals surface area (Å²) in [5, 5.41) is 4.37. The number of nitrogens with zero attached hydrogens (tertiary/aromatic N) is 2. The zero-order valence-electron chi connectivity index (χ0n) is 15.2. The molecular weight excluding hydrogens is 389 g/mol. The number of hydrogen-bond donors (Lipinski definition) is 1. The molecule has 9 heteroatoms. The predicted octanol–water partition coefficient (Wildman–Crippen LogP) is 2.54. The Hall–Kier alpha value is -1.97. The molecule has 1 saturated heterocycles. The highest BCUT2D eigenvalue weighted by molar-refractivity contribution is 7.89. The Morgan fingerprint density at radius 2 is 1.74 bits per heavy atom. The predicted molar refractivity (Wildman–Crippen MR) is 104 cm³/mol. The van der Waals surface area contributed by atoms with Gasteiger partial charge in [-0.25, -0.2) is 12.8 Å². The number of halogens is 1. The molecule has 0 bridgehead atoms. The third-order valence-corrected chi connectivity index (χ3v) is 7.29. The molecule has 1 fully saturated rings. The summed E-state index contributed by atoms with van der Waals surface area (Å²) in [6.45, 7) is 5.27. The lowest BCUT2D eigenvalue weighted by molar-refractivity contribution is 0.0944. The van der Waals surface area contributed by atoms with Crippen molar-refractivity contribution in [2.45, 2.75) is 24.8 Å². The van der Waals surface area contributed by atoms with E-state index in [2.05, 4.69) is 5.32 Å². The van der Waals surface area contributed by atoms with Gasteiger partial charge in [-0.05, 0) is 49.6 Å². The van der Waals surface area contributed by atoms with Gasteiger partial charge >= 0.3 is 0 Å². The van der Waals surface area contributed by atoms with Gasteiger partial charge in [0.25, 0.3) is 5.91 Å². The van der Waals surface area contributed by atoms with Crippen LogP contribution in [0.15, 0.2) is 40.6 Å². The molecule has 1 aromatic carbocycles. The third-order valence-electron chi connectivity index (χ3n) is 4.30. The van der Waals surface area contributed by atoms with Crippen LogP contribution in [-0.4, -0.2) is 50.9 Å². The molecule has 2 aromatic rings. The molecule has 1 N–H and O–H groups in total. The van der Waals surface area contributed by atoms with E-state index in [4.69, 9.17) is 0 Å². The average Bonchev–Trinajstić information content (AvgIpc) is 3.13. The first-order valence-corrected chi connectivity index (χ1v) is 11.0. The van der Waals surface area contributed by atoms with Crippen LogP contribution in [-0.2, 0) is 10.0 Å². The third kappa shape index (κ3) is 4.31. The summed E-state index contributed by atoms with van der Waals surface area (Å²) in [6.07, 6.45) is 0. The summed E-state index contributed by atoms with van der Waals surface area (Å²) in [7, 11) is -3.75. The molecule has 1 aliphatic heterocycles. The zero-order chi connectivity index (χ0) is 19.6. The maximum Gasteiger partial charge on any atom is 0.262 e. The fourth-order valence-electron chi connectivity index (χ4n) is 2.97. The molecule has 27 heavy (non-hydrogen) atoms. The minimum absolute atomic E-state index is 0.0564. The standard InChI is InChI=1S/C18H22FN3O3S2/c1-13(2)20-18(23)17-16(7-12-26-17)27(24,25)22-10-8-21(9-11-22)15-5-3-14(19)4-6-15/h3-7,12-13H,8-11H2,1-2H3,(H,20,23). The van der Waals surface area contributed by atoms with Crippen LogP contribution in [0, 0.1) is 5.82 Å². The van der Waals surface area contributed by atoms with Crippen molar-refractivity contribution in [3.8, 4) is 0 Å². The van der Waals surface area contributed by atoms with Gasteiger partial charge in [-0.1, -0.05) is 0 Å². The first-order chi connectivity index (χ1) is 12.8. The van der Waals surface area contributed by atoms with Crippen LogP contribution in [0.3, 0.4) is 0 Å². The number of anilines is 1. The molecule has 0 radical (unpaired) electrons. The fourth-order valence-corrected chi connectivity index (χ4v) is 5.70. The van der Waals surface area contributed by atoms with E-state index >= 15 is 0 Å². The van der Waals surface area contributed by atoms with Crippen LogP contribution in [0.2, 0.25) is 0 Å². The minimum Gasteiger partial charge on any atom is -0.369 e. The van der Waals surface area contributed by atoms with E-state index in [1.807, 2.05) is 18.7 Å². The fraction of sp³-hybridized carbons (Fsp3) is 0.389. The van der Waals surface area contributed by atoms with Gasteiger partial charge in [0.15, 0.2) is 0 Å². The van der Waals surface area contributed by atoms with Gasteiger partial charge in [-0.2, -0.15) is 4.31 Å². The largest absolute Gasteiger partial charge is 0.369 e. The van der Waals surface area contributed by atoms with E-state index in [9.17, 15) is 17.6 Å². The van der Waals surface area contributed by atoms with Gasteiger partial charge in [0.05, 0.1) is 0 Å². The van der Waals surface area contributed by atoms with E-state index in [0.29, 0.717) is 26.2 Å². The van der Waals surface area contributed by atoms with Crippen LogP contribution in [0.1, 0.15) is 23.5 Å². The number of rotatable bonds is 5. The van der Waals surface area contributed by atoms with Crippen LogP contribution < -0.4 is 10.2 Å². The monoisotopic (exact) mass is 411 g/mol. The van der Waals surface area contributed by atoms with Gasteiger partial charge in [0.2, 0.25) is 10.0 Å². The number of piperazine rings is 1. The van der Waals surface area contributed by atoms with Crippen molar-refractivity contribution in [1.29, 1.82) is 0 Å². The number of carbonyl (C=O) groups is 1. The van der Waals surface area contributed by atoms with Gasteiger partial charge in [-0.15, -0.1) is 11.3 Å². The van der Waals surface area contributed by atoms with Crippen LogP contribution in [0.5, 0.6) is 0 Å². The Balaban J connectivity index is 1.73. The minimum atomic E-state index is -3.75. The van der Waals surface area contributed by atoms with Crippen molar-refractivity contribution in [1.82, 2.24) is 9.62 Å². The highest BCUT2D eigenvalue weighted by Crippen LogP contribution is 2.27. The summed E-state index contributed by atoms with van der Waals surface area (Å²) in [5.74, 6) is -0.673. The molecule has 1 aliphatic rings. The smallest absolute Gasteiger partial charge is 0.262 e. The second-order valence-electron chi connectivity index (χ2n) is 6.61. The first-order valence-electron chi connectivity index (χ1n) is 8.68. The molecule has 3 rings (SSSR count). The van der Waals surface area contributed by atoms with Crippen LogP contribution >= 0.6 is 11.3 Å². The summed E-state index contributed by atoms with van der Waals surface area (Å²) in [4.78, 5) is 14.6. The summed E-state index contributed by atoms with van der Waals surface area (Å²) < 4.78 is 40.5. The lowest BCUT2D eigenvalue weighted by Crippen LogP contribution is -2.48. The van der Waals surface area contributed by atoms with Crippen molar-refractivity contribution >= 4 is 33.0 Å². The topological polar surface area (TPSA) is 69.7 Å². The zero-order valence-corrected chi connectivity index (χ0v) is 16.8. The average molecular weight is 412 g/mol. The van der Waals surface area contributed by atoms with E-state index in [1.54, 1.807) is 17.5 Å². The first kappa shape index (κ1) is 19.8. The van der Waals surface area contributed by atoms with Crippen molar-refractivity contribution in [2.75, 3.05) is 31.1 Å². The summed E-state index contributed by atoms with van der Waals surface area (Å²) >= 11 is 1.13. The number of benzene rings is 1. The Morgan fingerprint density at radius 1 is 1.11 bits per heavy atom.